The van der Waals surface area contributed by atoms with Gasteiger partial charge in [0.1, 0.15) is 0 Å². The summed E-state index contributed by atoms with van der Waals surface area (Å²) >= 11 is 0. The molecule has 0 aliphatic heterocycles. The van der Waals surface area contributed by atoms with Gasteiger partial charge in [-0.1, -0.05) is 0 Å². The maximum atomic E-state index is 10.3. The SMILES string of the molecule is COC(=O)OCCCCO. The summed E-state index contributed by atoms with van der Waals surface area (Å²) in [7, 11) is 1.26. The van der Waals surface area contributed by atoms with Crippen LogP contribution in [0.2, 0.25) is 0 Å². The molecule has 0 fully saturated rings. The van der Waals surface area contributed by atoms with Crippen LogP contribution in [0.25, 0.3) is 0 Å². The van der Waals surface area contributed by atoms with Crippen molar-refractivity contribution in [3.63, 3.8) is 0 Å². The van der Waals surface area contributed by atoms with Crippen molar-refractivity contribution >= 4 is 6.16 Å². The van der Waals surface area contributed by atoms with Gasteiger partial charge < -0.3 is 14.6 Å². The summed E-state index contributed by atoms with van der Waals surface area (Å²) in [5.41, 5.74) is 0. The summed E-state index contributed by atoms with van der Waals surface area (Å²) in [5, 5.41) is 8.32. The Bertz CT molecular complexity index is 91.7. The van der Waals surface area contributed by atoms with Crippen LogP contribution < -0.4 is 0 Å². The Morgan fingerprint density at radius 1 is 1.50 bits per heavy atom. The average Bonchev–Trinajstić information content (AvgIpc) is 1.98. The highest BCUT2D eigenvalue weighted by Crippen LogP contribution is 1.89. The van der Waals surface area contributed by atoms with E-state index in [9.17, 15) is 4.79 Å². The maximum absolute atomic E-state index is 10.3. The lowest BCUT2D eigenvalue weighted by molar-refractivity contribution is 0.0702. The summed E-state index contributed by atoms with van der Waals surface area (Å²) in [4.78, 5) is 10.3. The lowest BCUT2D eigenvalue weighted by atomic mass is 10.3. The van der Waals surface area contributed by atoms with Crippen LogP contribution in [0.1, 0.15) is 12.8 Å². The molecule has 10 heavy (non-hydrogen) atoms. The van der Waals surface area contributed by atoms with Gasteiger partial charge in [-0.3, -0.25) is 0 Å². The van der Waals surface area contributed by atoms with Crippen molar-refractivity contribution in [1.29, 1.82) is 0 Å². The summed E-state index contributed by atoms with van der Waals surface area (Å²) < 4.78 is 8.73. The van der Waals surface area contributed by atoms with Gasteiger partial charge in [-0.15, -0.1) is 0 Å². The Morgan fingerprint density at radius 2 is 2.20 bits per heavy atom. The van der Waals surface area contributed by atoms with Crippen molar-refractivity contribution in [2.24, 2.45) is 0 Å². The Kier molecular flexibility index (Phi) is 5.86. The first kappa shape index (κ1) is 9.23. The number of carbonyl (C=O) groups excluding carboxylic acids is 1. The fourth-order valence-electron chi connectivity index (χ4n) is 0.428. The molecule has 0 rings (SSSR count). The summed E-state index contributed by atoms with van der Waals surface area (Å²) in [6, 6.07) is 0. The molecule has 0 amide bonds. The number of unbranched alkanes of at least 4 members (excludes halogenated alkanes) is 1. The Labute approximate surface area is 59.7 Å². The van der Waals surface area contributed by atoms with Gasteiger partial charge in [-0.25, -0.2) is 4.79 Å². The molecule has 0 saturated heterocycles. The third-order valence-corrected chi connectivity index (χ3v) is 0.939. The molecular formula is C6H12O4. The van der Waals surface area contributed by atoms with Crippen molar-refractivity contribution in [1.82, 2.24) is 0 Å². The fourth-order valence-corrected chi connectivity index (χ4v) is 0.428. The van der Waals surface area contributed by atoms with E-state index in [1.165, 1.54) is 7.11 Å². The van der Waals surface area contributed by atoms with Gasteiger partial charge in [-0.2, -0.15) is 0 Å². The zero-order valence-electron chi connectivity index (χ0n) is 6.00. The first-order valence-electron chi connectivity index (χ1n) is 3.13. The molecular weight excluding hydrogens is 136 g/mol. The molecule has 0 aliphatic rings. The van der Waals surface area contributed by atoms with Crippen LogP contribution in [0, 0.1) is 0 Å². The number of ether oxygens (including phenoxy) is 2. The molecule has 0 atom stereocenters. The zero-order valence-corrected chi connectivity index (χ0v) is 6.00. The number of methoxy groups -OCH3 is 1. The highest BCUT2D eigenvalue weighted by atomic mass is 16.7. The smallest absolute Gasteiger partial charge is 0.438 e. The minimum absolute atomic E-state index is 0.129. The van der Waals surface area contributed by atoms with E-state index in [0.717, 1.165) is 0 Å². The zero-order chi connectivity index (χ0) is 7.82. The predicted octanol–water partition coefficient (Wildman–Crippen LogP) is 0.542. The molecule has 0 spiro atoms. The van der Waals surface area contributed by atoms with Crippen molar-refractivity contribution in [3.8, 4) is 0 Å². The molecule has 0 saturated carbocycles. The van der Waals surface area contributed by atoms with Gasteiger partial charge in [-0.05, 0) is 12.8 Å². The van der Waals surface area contributed by atoms with Gasteiger partial charge >= 0.3 is 6.16 Å². The number of aliphatic hydroxyl groups is 1. The normalized spacial score (nSPS) is 9.00. The molecule has 4 nitrogen and oxygen atoms in total. The molecule has 0 heterocycles. The van der Waals surface area contributed by atoms with E-state index in [-0.39, 0.29) is 6.61 Å². The largest absolute Gasteiger partial charge is 0.507 e. The molecule has 0 aromatic rings. The second-order valence-corrected chi connectivity index (χ2v) is 1.73. The Morgan fingerprint density at radius 3 is 2.70 bits per heavy atom. The van der Waals surface area contributed by atoms with Crippen LogP contribution in [0.4, 0.5) is 4.79 Å². The van der Waals surface area contributed by atoms with Gasteiger partial charge in [0.05, 0.1) is 13.7 Å². The Hall–Kier alpha value is -0.770. The van der Waals surface area contributed by atoms with E-state index >= 15 is 0 Å². The highest BCUT2D eigenvalue weighted by Gasteiger charge is 1.97. The first-order valence-corrected chi connectivity index (χ1v) is 3.13. The van der Waals surface area contributed by atoms with Crippen molar-refractivity contribution in [3.05, 3.63) is 0 Å². The van der Waals surface area contributed by atoms with Gasteiger partial charge in [0.25, 0.3) is 0 Å². The van der Waals surface area contributed by atoms with Gasteiger partial charge in [0.15, 0.2) is 0 Å². The van der Waals surface area contributed by atoms with E-state index in [2.05, 4.69) is 9.47 Å². The third kappa shape index (κ3) is 5.37. The van der Waals surface area contributed by atoms with Crippen LogP contribution in [-0.2, 0) is 9.47 Å². The second-order valence-electron chi connectivity index (χ2n) is 1.73. The van der Waals surface area contributed by atoms with Crippen LogP contribution in [0.15, 0.2) is 0 Å². The minimum Gasteiger partial charge on any atom is -0.438 e. The summed E-state index contributed by atoms with van der Waals surface area (Å²) in [5.74, 6) is 0. The molecule has 4 heteroatoms. The lowest BCUT2D eigenvalue weighted by Crippen LogP contribution is -2.05. The number of carbonyl (C=O) groups is 1. The lowest BCUT2D eigenvalue weighted by Gasteiger charge is -2.00. The van der Waals surface area contributed by atoms with E-state index in [0.29, 0.717) is 19.4 Å². The maximum Gasteiger partial charge on any atom is 0.507 e. The minimum atomic E-state index is -0.669. The van der Waals surface area contributed by atoms with Gasteiger partial charge in [0, 0.05) is 6.61 Å². The predicted molar refractivity (Wildman–Crippen MR) is 34.7 cm³/mol. The standard InChI is InChI=1S/C6H12O4/c1-9-6(8)10-5-3-2-4-7/h7H,2-5H2,1H3. The van der Waals surface area contributed by atoms with E-state index in [4.69, 9.17) is 5.11 Å². The molecule has 0 aromatic carbocycles. The first-order chi connectivity index (χ1) is 4.81. The quantitative estimate of drug-likeness (QED) is 0.467. The van der Waals surface area contributed by atoms with Gasteiger partial charge in [0.2, 0.25) is 0 Å². The second kappa shape index (κ2) is 6.35. The summed E-state index contributed by atoms with van der Waals surface area (Å²) in [6.07, 6.45) is 0.653. The third-order valence-electron chi connectivity index (χ3n) is 0.939. The highest BCUT2D eigenvalue weighted by molar-refractivity contribution is 5.59. The molecule has 0 radical (unpaired) electrons. The van der Waals surface area contributed by atoms with Crippen LogP contribution >= 0.6 is 0 Å². The monoisotopic (exact) mass is 148 g/mol. The Balaban J connectivity index is 2.96. The van der Waals surface area contributed by atoms with Crippen molar-refractivity contribution < 1.29 is 19.4 Å². The number of aliphatic hydroxyl groups excluding tert-OH is 1. The van der Waals surface area contributed by atoms with E-state index < -0.39 is 6.16 Å². The molecule has 60 valence electrons. The number of hydrogen-bond acceptors (Lipinski definition) is 4. The van der Waals surface area contributed by atoms with Crippen molar-refractivity contribution in [2.75, 3.05) is 20.3 Å². The number of hydrogen-bond donors (Lipinski definition) is 1. The van der Waals surface area contributed by atoms with E-state index in [1.54, 1.807) is 0 Å². The van der Waals surface area contributed by atoms with Crippen LogP contribution in [0.5, 0.6) is 0 Å². The fraction of sp³-hybridized carbons (Fsp3) is 0.833. The summed E-state index contributed by atoms with van der Waals surface area (Å²) in [6.45, 7) is 0.442. The van der Waals surface area contributed by atoms with Crippen molar-refractivity contribution in [2.45, 2.75) is 12.8 Å². The molecule has 1 N–H and O–H groups in total. The molecule has 0 aromatic heterocycles. The number of rotatable bonds is 4. The topological polar surface area (TPSA) is 55.8 Å². The average molecular weight is 148 g/mol. The molecule has 0 aliphatic carbocycles. The molecule has 0 bridgehead atoms. The molecule has 0 unspecified atom stereocenters. The van der Waals surface area contributed by atoms with E-state index in [1.807, 2.05) is 0 Å². The van der Waals surface area contributed by atoms with Crippen LogP contribution in [0.3, 0.4) is 0 Å². The van der Waals surface area contributed by atoms with Crippen LogP contribution in [-0.4, -0.2) is 31.6 Å².